The van der Waals surface area contributed by atoms with E-state index in [1.165, 1.54) is 16.4 Å². The minimum absolute atomic E-state index is 0.384. The van der Waals surface area contributed by atoms with Gasteiger partial charge >= 0.3 is 11.1 Å². The lowest BCUT2D eigenvalue weighted by Gasteiger charge is -2.08. The first-order chi connectivity index (χ1) is 10.1. The number of rotatable bonds is 2. The third-order valence-electron chi connectivity index (χ3n) is 2.91. The zero-order valence-corrected chi connectivity index (χ0v) is 11.8. The number of nitrogen functional groups attached to an aromatic ring is 1. The molecule has 0 bridgehead atoms. The van der Waals surface area contributed by atoms with E-state index in [9.17, 15) is 9.59 Å². The second-order valence-corrected chi connectivity index (χ2v) is 5.36. The summed E-state index contributed by atoms with van der Waals surface area (Å²) in [5.74, 6) is 0. The van der Waals surface area contributed by atoms with Crippen molar-refractivity contribution in [3.63, 3.8) is 0 Å². The summed E-state index contributed by atoms with van der Waals surface area (Å²) in [6.07, 6.45) is 1.64. The van der Waals surface area contributed by atoms with Crippen molar-refractivity contribution in [1.29, 1.82) is 0 Å². The number of nitrogens with zero attached hydrogens (tertiary/aromatic N) is 3. The number of hydrogen-bond acceptors (Lipinski definition) is 6. The van der Waals surface area contributed by atoms with Gasteiger partial charge in [0.25, 0.3) is 0 Å². The Bertz CT molecular complexity index is 947. The van der Waals surface area contributed by atoms with E-state index < -0.39 is 11.1 Å². The van der Waals surface area contributed by atoms with Crippen LogP contribution in [-0.2, 0) is 7.05 Å². The molecule has 0 spiro atoms. The van der Waals surface area contributed by atoms with Crippen molar-refractivity contribution < 1.29 is 0 Å². The number of aromatic nitrogens is 4. The van der Waals surface area contributed by atoms with E-state index in [0.717, 1.165) is 10.3 Å². The third kappa shape index (κ3) is 2.40. The second kappa shape index (κ2) is 5.06. The summed E-state index contributed by atoms with van der Waals surface area (Å²) >= 11 is 1.26. The molecule has 0 radical (unpaired) electrons. The standard InChI is InChI=1S/C13H11N5O2S/c1-18-13(16-11(19)12(20)17-18)21-9-5-6-15-10-7(9)3-2-4-8(10)14/h2-6H,14H2,1H3,(H,17,20). The first-order valence-electron chi connectivity index (χ1n) is 6.04. The number of H-pyrrole nitrogens is 1. The summed E-state index contributed by atoms with van der Waals surface area (Å²) < 4.78 is 1.41. The molecule has 3 N–H and O–H groups in total. The Balaban J connectivity index is 2.15. The number of aryl methyl sites for hydroxylation is 1. The number of para-hydroxylation sites is 1. The van der Waals surface area contributed by atoms with Gasteiger partial charge in [-0.3, -0.25) is 24.4 Å². The number of nitrogens with one attached hydrogen (secondary N) is 1. The normalized spacial score (nSPS) is 10.9. The van der Waals surface area contributed by atoms with E-state index in [1.54, 1.807) is 19.3 Å². The Kier molecular flexibility index (Phi) is 3.22. The number of nitrogens with two attached hydrogens (primary N) is 1. The highest BCUT2D eigenvalue weighted by atomic mass is 32.2. The average Bonchev–Trinajstić information content (AvgIpc) is 2.46. The van der Waals surface area contributed by atoms with Crippen LogP contribution in [0.15, 0.2) is 50.1 Å². The van der Waals surface area contributed by atoms with Crippen molar-refractivity contribution >= 4 is 28.4 Å². The molecule has 2 aromatic heterocycles. The first kappa shape index (κ1) is 13.4. The molecule has 2 heterocycles. The molecule has 1 aromatic carbocycles. The summed E-state index contributed by atoms with van der Waals surface area (Å²) in [7, 11) is 1.62. The Morgan fingerprint density at radius 2 is 2.10 bits per heavy atom. The van der Waals surface area contributed by atoms with Crippen LogP contribution in [0.25, 0.3) is 10.9 Å². The molecule has 0 unspecified atom stereocenters. The molecule has 8 heteroatoms. The molecule has 21 heavy (non-hydrogen) atoms. The molecule has 0 amide bonds. The number of anilines is 1. The molecule has 0 atom stereocenters. The van der Waals surface area contributed by atoms with Crippen LogP contribution in [0.4, 0.5) is 5.69 Å². The van der Waals surface area contributed by atoms with Gasteiger partial charge in [-0.25, -0.2) is 0 Å². The van der Waals surface area contributed by atoms with E-state index in [0.29, 0.717) is 16.4 Å². The SMILES string of the molecule is Cn1[nH]c(=O)c(=O)nc1Sc1ccnc2c(N)cccc12. The third-order valence-corrected chi connectivity index (χ3v) is 4.03. The van der Waals surface area contributed by atoms with E-state index >= 15 is 0 Å². The summed E-state index contributed by atoms with van der Waals surface area (Å²) in [5, 5.41) is 3.66. The maximum atomic E-state index is 11.4. The van der Waals surface area contributed by atoms with Crippen molar-refractivity contribution in [2.45, 2.75) is 10.1 Å². The molecular weight excluding hydrogens is 290 g/mol. The van der Waals surface area contributed by atoms with Gasteiger partial charge in [-0.1, -0.05) is 12.1 Å². The lowest BCUT2D eigenvalue weighted by atomic mass is 10.2. The van der Waals surface area contributed by atoms with Gasteiger partial charge < -0.3 is 5.73 Å². The molecule has 0 aliphatic heterocycles. The highest BCUT2D eigenvalue weighted by Crippen LogP contribution is 2.32. The van der Waals surface area contributed by atoms with E-state index in [1.807, 2.05) is 18.2 Å². The molecule has 0 aliphatic rings. The van der Waals surface area contributed by atoms with Gasteiger partial charge in [-0.15, -0.1) is 0 Å². The van der Waals surface area contributed by atoms with Crippen LogP contribution >= 0.6 is 11.8 Å². The summed E-state index contributed by atoms with van der Waals surface area (Å²) in [6.45, 7) is 0. The van der Waals surface area contributed by atoms with Gasteiger partial charge in [0, 0.05) is 23.5 Å². The number of fused-ring (bicyclic) bond motifs is 1. The van der Waals surface area contributed by atoms with E-state index in [-0.39, 0.29) is 0 Å². The smallest absolute Gasteiger partial charge is 0.339 e. The van der Waals surface area contributed by atoms with Crippen molar-refractivity contribution in [2.24, 2.45) is 7.05 Å². The fraction of sp³-hybridized carbons (Fsp3) is 0.0769. The number of pyridine rings is 1. The fourth-order valence-electron chi connectivity index (χ4n) is 1.91. The number of benzene rings is 1. The first-order valence-corrected chi connectivity index (χ1v) is 6.86. The van der Waals surface area contributed by atoms with Crippen molar-refractivity contribution in [2.75, 3.05) is 5.73 Å². The molecule has 3 aromatic rings. The van der Waals surface area contributed by atoms with E-state index in [4.69, 9.17) is 5.73 Å². The minimum Gasteiger partial charge on any atom is -0.397 e. The lowest BCUT2D eigenvalue weighted by Crippen LogP contribution is -2.33. The molecule has 7 nitrogen and oxygen atoms in total. The van der Waals surface area contributed by atoms with Crippen LogP contribution in [0.3, 0.4) is 0 Å². The zero-order valence-electron chi connectivity index (χ0n) is 11.0. The molecule has 0 saturated heterocycles. The number of aromatic amines is 1. The zero-order chi connectivity index (χ0) is 15.0. The van der Waals surface area contributed by atoms with Gasteiger partial charge in [0.15, 0.2) is 5.16 Å². The molecule has 0 aliphatic carbocycles. The summed E-state index contributed by atoms with van der Waals surface area (Å²) in [4.78, 5) is 31.5. The molecule has 0 saturated carbocycles. The Morgan fingerprint density at radius 1 is 1.29 bits per heavy atom. The topological polar surface area (TPSA) is 107 Å². The van der Waals surface area contributed by atoms with Gasteiger partial charge in [-0.2, -0.15) is 4.98 Å². The van der Waals surface area contributed by atoms with Crippen molar-refractivity contribution in [3.05, 3.63) is 51.2 Å². The van der Waals surface area contributed by atoms with Gasteiger partial charge in [-0.05, 0) is 23.9 Å². The Hall–Kier alpha value is -2.61. The molecule has 106 valence electrons. The maximum Gasteiger partial charge on any atom is 0.339 e. The quantitative estimate of drug-likeness (QED) is 0.534. The molecular formula is C13H11N5O2S. The lowest BCUT2D eigenvalue weighted by molar-refractivity contribution is 0.596. The van der Waals surface area contributed by atoms with Gasteiger partial charge in [0.1, 0.15) is 0 Å². The van der Waals surface area contributed by atoms with Crippen molar-refractivity contribution in [3.8, 4) is 0 Å². The summed E-state index contributed by atoms with van der Waals surface area (Å²) in [5.41, 5.74) is 5.62. The van der Waals surface area contributed by atoms with Crippen LogP contribution in [0.2, 0.25) is 0 Å². The second-order valence-electron chi connectivity index (χ2n) is 4.35. The molecule has 0 fully saturated rings. The Labute approximate surface area is 122 Å². The van der Waals surface area contributed by atoms with Crippen LogP contribution < -0.4 is 16.9 Å². The average molecular weight is 301 g/mol. The van der Waals surface area contributed by atoms with Gasteiger partial charge in [0.05, 0.1) is 11.2 Å². The van der Waals surface area contributed by atoms with Crippen LogP contribution in [0, 0.1) is 0 Å². The predicted molar refractivity (Wildman–Crippen MR) is 80.4 cm³/mol. The predicted octanol–water partition coefficient (Wildman–Crippen LogP) is 0.750. The summed E-state index contributed by atoms with van der Waals surface area (Å²) in [6, 6.07) is 7.31. The Morgan fingerprint density at radius 3 is 2.90 bits per heavy atom. The van der Waals surface area contributed by atoms with Crippen LogP contribution in [0.1, 0.15) is 0 Å². The highest BCUT2D eigenvalue weighted by molar-refractivity contribution is 7.99. The fourth-order valence-corrected chi connectivity index (χ4v) is 2.82. The number of hydrogen-bond donors (Lipinski definition) is 2. The van der Waals surface area contributed by atoms with Crippen LogP contribution in [0.5, 0.6) is 0 Å². The molecule has 3 rings (SSSR count). The van der Waals surface area contributed by atoms with E-state index in [2.05, 4.69) is 15.1 Å². The largest absolute Gasteiger partial charge is 0.397 e. The van der Waals surface area contributed by atoms with Gasteiger partial charge in [0.2, 0.25) is 0 Å². The van der Waals surface area contributed by atoms with Crippen LogP contribution in [-0.4, -0.2) is 19.7 Å². The minimum atomic E-state index is -0.812. The highest BCUT2D eigenvalue weighted by Gasteiger charge is 2.10. The maximum absolute atomic E-state index is 11.4. The van der Waals surface area contributed by atoms with Crippen molar-refractivity contribution in [1.82, 2.24) is 19.7 Å². The monoisotopic (exact) mass is 301 g/mol.